The van der Waals surface area contributed by atoms with Gasteiger partial charge in [0, 0.05) is 14.1 Å². The molecule has 1 fully saturated rings. The zero-order valence-corrected chi connectivity index (χ0v) is 13.3. The van der Waals surface area contributed by atoms with Gasteiger partial charge in [0.15, 0.2) is 0 Å². The van der Waals surface area contributed by atoms with Gasteiger partial charge in [-0.25, -0.2) is 4.79 Å². The lowest BCUT2D eigenvalue weighted by Gasteiger charge is -2.28. The van der Waals surface area contributed by atoms with Gasteiger partial charge >= 0.3 is 6.03 Å². The van der Waals surface area contributed by atoms with Crippen molar-refractivity contribution < 1.29 is 14.4 Å². The predicted octanol–water partition coefficient (Wildman–Crippen LogP) is 2.63. The van der Waals surface area contributed by atoms with Crippen molar-refractivity contribution in [2.24, 2.45) is 0 Å². The molecule has 4 amide bonds. The molecule has 1 aliphatic rings. The highest BCUT2D eigenvalue weighted by atomic mass is 16.2. The monoisotopic (exact) mass is 300 g/mol. The molecule has 1 saturated heterocycles. The van der Waals surface area contributed by atoms with E-state index in [9.17, 15) is 14.4 Å². The molecule has 1 aromatic rings. The fourth-order valence-electron chi connectivity index (χ4n) is 2.30. The third-order valence-electron chi connectivity index (χ3n) is 4.07. The highest BCUT2D eigenvalue weighted by molar-refractivity contribution is 6.30. The van der Waals surface area contributed by atoms with E-state index in [2.05, 4.69) is 13.8 Å². The second-order valence-electron chi connectivity index (χ2n) is 5.54. The Balaban J connectivity index is 2.33. The largest absolute Gasteiger partial charge is 0.333 e. The van der Waals surface area contributed by atoms with Crippen molar-refractivity contribution in [1.29, 1.82) is 0 Å². The van der Waals surface area contributed by atoms with Crippen LogP contribution in [0.4, 0.5) is 4.79 Å². The zero-order valence-electron chi connectivity index (χ0n) is 13.3. The smallest absolute Gasteiger partial charge is 0.268 e. The summed E-state index contributed by atoms with van der Waals surface area (Å²) in [5.74, 6) is -0.673. The van der Waals surface area contributed by atoms with Crippen molar-refractivity contribution in [3.8, 4) is 0 Å². The Morgan fingerprint density at radius 1 is 1.00 bits per heavy atom. The van der Waals surface area contributed by atoms with E-state index in [1.165, 1.54) is 25.7 Å². The minimum absolute atomic E-state index is 0.000824. The van der Waals surface area contributed by atoms with Crippen molar-refractivity contribution in [1.82, 2.24) is 9.80 Å². The fourth-order valence-corrected chi connectivity index (χ4v) is 2.30. The first-order valence-corrected chi connectivity index (χ1v) is 7.28. The molecule has 22 heavy (non-hydrogen) atoms. The molecule has 0 saturated carbocycles. The van der Waals surface area contributed by atoms with Crippen LogP contribution in [0.3, 0.4) is 0 Å². The van der Waals surface area contributed by atoms with Gasteiger partial charge < -0.3 is 0 Å². The van der Waals surface area contributed by atoms with E-state index in [0.29, 0.717) is 5.92 Å². The number of carbonyl (C=O) groups is 3. The summed E-state index contributed by atoms with van der Waals surface area (Å²) in [6, 6.07) is 7.14. The van der Waals surface area contributed by atoms with Crippen LogP contribution in [0.5, 0.6) is 0 Å². The molecule has 1 atom stereocenters. The van der Waals surface area contributed by atoms with Crippen molar-refractivity contribution in [2.45, 2.75) is 26.2 Å². The standard InChI is InChI=1S/C17H20N2O3/c1-5-11(2)13-8-6-12(7-9-13)10-14-15(20)18(3)17(22)19(4)16(14)21/h6-11H,5H2,1-4H3/t11-/m1/s1. The van der Waals surface area contributed by atoms with Gasteiger partial charge in [0.1, 0.15) is 5.57 Å². The van der Waals surface area contributed by atoms with Crippen LogP contribution in [-0.2, 0) is 9.59 Å². The Morgan fingerprint density at radius 2 is 1.50 bits per heavy atom. The molecular weight excluding hydrogens is 280 g/mol. The lowest BCUT2D eigenvalue weighted by Crippen LogP contribution is -2.52. The van der Waals surface area contributed by atoms with E-state index in [-0.39, 0.29) is 5.57 Å². The molecule has 5 heteroatoms. The average Bonchev–Trinajstić information content (AvgIpc) is 2.55. The Kier molecular flexibility index (Phi) is 4.45. The number of hydrogen-bond acceptors (Lipinski definition) is 3. The van der Waals surface area contributed by atoms with Gasteiger partial charge in [-0.2, -0.15) is 0 Å². The topological polar surface area (TPSA) is 57.7 Å². The van der Waals surface area contributed by atoms with Crippen molar-refractivity contribution >= 4 is 23.9 Å². The second kappa shape index (κ2) is 6.13. The fraction of sp³-hybridized carbons (Fsp3) is 0.353. The maximum Gasteiger partial charge on any atom is 0.333 e. The third-order valence-corrected chi connectivity index (χ3v) is 4.07. The Morgan fingerprint density at radius 3 is 1.95 bits per heavy atom. The zero-order chi connectivity index (χ0) is 16.4. The Bertz CT molecular complexity index is 620. The van der Waals surface area contributed by atoms with Crippen LogP contribution in [0.25, 0.3) is 6.08 Å². The Hall–Kier alpha value is -2.43. The van der Waals surface area contributed by atoms with Crippen LogP contribution in [-0.4, -0.2) is 41.7 Å². The van der Waals surface area contributed by atoms with Crippen LogP contribution in [0.2, 0.25) is 0 Å². The van der Waals surface area contributed by atoms with Crippen LogP contribution >= 0.6 is 0 Å². The van der Waals surface area contributed by atoms with Crippen LogP contribution < -0.4 is 0 Å². The van der Waals surface area contributed by atoms with Gasteiger partial charge in [-0.1, -0.05) is 38.1 Å². The summed E-state index contributed by atoms with van der Waals surface area (Å²) in [5, 5.41) is 0. The summed E-state index contributed by atoms with van der Waals surface area (Å²) in [5.41, 5.74) is 1.98. The van der Waals surface area contributed by atoms with E-state index >= 15 is 0 Å². The second-order valence-corrected chi connectivity index (χ2v) is 5.54. The molecule has 1 heterocycles. The highest BCUT2D eigenvalue weighted by Gasteiger charge is 2.37. The van der Waals surface area contributed by atoms with E-state index in [0.717, 1.165) is 21.8 Å². The number of rotatable bonds is 3. The molecule has 0 aromatic heterocycles. The summed E-state index contributed by atoms with van der Waals surface area (Å²) in [6.07, 6.45) is 2.58. The number of imide groups is 2. The van der Waals surface area contributed by atoms with E-state index in [1.54, 1.807) is 0 Å². The van der Waals surface area contributed by atoms with E-state index < -0.39 is 17.8 Å². The minimum Gasteiger partial charge on any atom is -0.268 e. The molecule has 2 rings (SSSR count). The van der Waals surface area contributed by atoms with Crippen LogP contribution in [0.1, 0.15) is 37.3 Å². The van der Waals surface area contributed by atoms with E-state index in [4.69, 9.17) is 0 Å². The lowest BCUT2D eigenvalue weighted by molar-refractivity contribution is -0.134. The van der Waals surface area contributed by atoms with Crippen molar-refractivity contribution in [2.75, 3.05) is 14.1 Å². The molecule has 0 bridgehead atoms. The maximum atomic E-state index is 12.1. The van der Waals surface area contributed by atoms with Crippen molar-refractivity contribution in [3.05, 3.63) is 41.0 Å². The van der Waals surface area contributed by atoms with Gasteiger partial charge in [0.05, 0.1) is 0 Å². The van der Waals surface area contributed by atoms with Crippen LogP contribution in [0, 0.1) is 0 Å². The normalized spacial score (nSPS) is 17.1. The molecule has 116 valence electrons. The lowest BCUT2D eigenvalue weighted by atomic mass is 9.97. The number of barbiturate groups is 1. The maximum absolute atomic E-state index is 12.1. The first-order valence-electron chi connectivity index (χ1n) is 7.28. The van der Waals surface area contributed by atoms with E-state index in [1.807, 2.05) is 24.3 Å². The van der Waals surface area contributed by atoms with Gasteiger partial charge in [-0.15, -0.1) is 0 Å². The van der Waals surface area contributed by atoms with Crippen LogP contribution in [0.15, 0.2) is 29.8 Å². The average molecular weight is 300 g/mol. The number of urea groups is 1. The summed E-state index contributed by atoms with van der Waals surface area (Å²) in [7, 11) is 2.74. The Labute approximate surface area is 130 Å². The molecule has 0 unspecified atom stereocenters. The molecule has 0 spiro atoms. The number of nitrogens with zero attached hydrogens (tertiary/aromatic N) is 2. The first-order chi connectivity index (χ1) is 10.4. The van der Waals surface area contributed by atoms with Gasteiger partial charge in [0.25, 0.3) is 11.8 Å². The number of benzene rings is 1. The van der Waals surface area contributed by atoms with Gasteiger partial charge in [-0.05, 0) is 29.5 Å². The summed E-state index contributed by atoms with van der Waals surface area (Å²) in [4.78, 5) is 37.8. The molecule has 1 aliphatic heterocycles. The first kappa shape index (κ1) is 15.9. The predicted molar refractivity (Wildman–Crippen MR) is 84.1 cm³/mol. The highest BCUT2D eigenvalue weighted by Crippen LogP contribution is 2.21. The third kappa shape index (κ3) is 2.79. The molecule has 5 nitrogen and oxygen atoms in total. The minimum atomic E-state index is -0.612. The van der Waals surface area contributed by atoms with Gasteiger partial charge in [0.2, 0.25) is 0 Å². The summed E-state index contributed by atoms with van der Waals surface area (Å²) in [6.45, 7) is 4.28. The molecule has 0 N–H and O–H groups in total. The quantitative estimate of drug-likeness (QED) is 0.637. The number of carbonyl (C=O) groups excluding carboxylic acids is 3. The number of amides is 4. The molecule has 1 aromatic carbocycles. The van der Waals surface area contributed by atoms with Gasteiger partial charge in [-0.3, -0.25) is 19.4 Å². The van der Waals surface area contributed by atoms with Crippen molar-refractivity contribution in [3.63, 3.8) is 0 Å². The summed E-state index contributed by atoms with van der Waals surface area (Å²) >= 11 is 0. The number of likely N-dealkylation sites (N-methyl/N-ethyl adjacent to an activating group) is 2. The number of hydrogen-bond donors (Lipinski definition) is 0. The molecule has 0 radical (unpaired) electrons. The SMILES string of the molecule is CC[C@@H](C)c1ccc(C=C2C(=O)N(C)C(=O)N(C)C2=O)cc1. The summed E-state index contributed by atoms with van der Waals surface area (Å²) < 4.78 is 0. The molecule has 0 aliphatic carbocycles. The molecular formula is C17H20N2O3.